The zero-order valence-corrected chi connectivity index (χ0v) is 11.3. The number of amides is 1. The van der Waals surface area contributed by atoms with E-state index in [1.54, 1.807) is 11.0 Å². The van der Waals surface area contributed by atoms with Gasteiger partial charge in [0.2, 0.25) is 5.91 Å². The van der Waals surface area contributed by atoms with Gasteiger partial charge in [0.1, 0.15) is 12.2 Å². The van der Waals surface area contributed by atoms with Crippen LogP contribution in [0.15, 0.2) is 6.33 Å². The number of hydrogen-bond donors (Lipinski definition) is 1. The van der Waals surface area contributed by atoms with Gasteiger partial charge in [-0.1, -0.05) is 13.3 Å². The summed E-state index contributed by atoms with van der Waals surface area (Å²) in [6, 6.07) is 0. The summed E-state index contributed by atoms with van der Waals surface area (Å²) in [6.45, 7) is 6.35. The van der Waals surface area contributed by atoms with Gasteiger partial charge in [0.25, 0.3) is 0 Å². The van der Waals surface area contributed by atoms with Crippen molar-refractivity contribution in [3.8, 4) is 0 Å². The summed E-state index contributed by atoms with van der Waals surface area (Å²) in [5.41, 5.74) is -0.432. The molecule has 2 heterocycles. The highest BCUT2D eigenvalue weighted by Crippen LogP contribution is 2.25. The van der Waals surface area contributed by atoms with Crippen molar-refractivity contribution < 1.29 is 4.79 Å². The van der Waals surface area contributed by atoms with Crippen LogP contribution >= 0.6 is 0 Å². The van der Waals surface area contributed by atoms with E-state index < -0.39 is 5.54 Å². The highest BCUT2D eigenvalue weighted by Gasteiger charge is 2.41. The predicted molar refractivity (Wildman–Crippen MR) is 67.7 cm³/mol. The van der Waals surface area contributed by atoms with Gasteiger partial charge in [0, 0.05) is 20.1 Å². The van der Waals surface area contributed by atoms with Crippen LogP contribution in [0.4, 0.5) is 0 Å². The molecule has 100 valence electrons. The van der Waals surface area contributed by atoms with Gasteiger partial charge in [-0.25, -0.2) is 4.98 Å². The van der Waals surface area contributed by atoms with Gasteiger partial charge in [-0.15, -0.1) is 0 Å². The van der Waals surface area contributed by atoms with Crippen LogP contribution in [-0.2, 0) is 18.4 Å². The first-order chi connectivity index (χ1) is 8.58. The number of aryl methyl sites for hydroxylation is 1. The van der Waals surface area contributed by atoms with E-state index in [1.165, 1.54) is 0 Å². The second-order valence-corrected chi connectivity index (χ2v) is 5.00. The molecule has 0 saturated carbocycles. The Morgan fingerprint density at radius 3 is 2.94 bits per heavy atom. The second-order valence-electron chi connectivity index (χ2n) is 5.00. The minimum absolute atomic E-state index is 0.123. The average molecular weight is 251 g/mol. The highest BCUT2D eigenvalue weighted by atomic mass is 16.2. The molecular formula is C12H21N5O. The number of piperazine rings is 1. The molecule has 0 aromatic carbocycles. The van der Waals surface area contributed by atoms with Crippen molar-refractivity contribution in [2.45, 2.75) is 38.8 Å². The van der Waals surface area contributed by atoms with Crippen LogP contribution in [0, 0.1) is 0 Å². The Morgan fingerprint density at radius 1 is 1.56 bits per heavy atom. The fraction of sp³-hybridized carbons (Fsp3) is 0.750. The fourth-order valence-corrected chi connectivity index (χ4v) is 2.53. The molecule has 1 amide bonds. The van der Waals surface area contributed by atoms with Gasteiger partial charge in [-0.05, 0) is 13.3 Å². The van der Waals surface area contributed by atoms with Crippen LogP contribution < -0.4 is 5.32 Å². The van der Waals surface area contributed by atoms with Crippen molar-refractivity contribution in [1.82, 2.24) is 25.0 Å². The molecule has 1 saturated heterocycles. The normalized spacial score (nSPS) is 25.2. The zero-order chi connectivity index (χ0) is 13.2. The molecular weight excluding hydrogens is 230 g/mol. The minimum Gasteiger partial charge on any atom is -0.353 e. The average Bonchev–Trinajstić information content (AvgIpc) is 2.72. The Hall–Kier alpha value is -1.43. The molecule has 0 spiro atoms. The van der Waals surface area contributed by atoms with E-state index in [-0.39, 0.29) is 5.91 Å². The number of nitrogens with zero attached hydrogens (tertiary/aromatic N) is 4. The SMILES string of the molecule is CCC[C@]1(C)C(=O)NCCN1Cc1ncnn1C. The molecule has 0 unspecified atom stereocenters. The lowest BCUT2D eigenvalue weighted by Crippen LogP contribution is -2.62. The standard InChI is InChI=1S/C12H21N5O/c1-4-5-12(2)11(18)13-6-7-17(12)8-10-14-9-15-16(10)3/h9H,4-8H2,1-3H3,(H,13,18)/t12-/m1/s1. The highest BCUT2D eigenvalue weighted by molar-refractivity contribution is 5.86. The largest absolute Gasteiger partial charge is 0.353 e. The molecule has 1 aliphatic heterocycles. The van der Waals surface area contributed by atoms with E-state index in [2.05, 4.69) is 27.2 Å². The first kappa shape index (κ1) is 13.0. The third-order valence-corrected chi connectivity index (χ3v) is 3.73. The van der Waals surface area contributed by atoms with Crippen molar-refractivity contribution in [2.75, 3.05) is 13.1 Å². The molecule has 1 atom stereocenters. The molecule has 6 nitrogen and oxygen atoms in total. The summed E-state index contributed by atoms with van der Waals surface area (Å²) in [5, 5.41) is 7.03. The van der Waals surface area contributed by atoms with E-state index in [0.717, 1.165) is 25.2 Å². The van der Waals surface area contributed by atoms with Crippen LogP contribution in [0.5, 0.6) is 0 Å². The van der Waals surface area contributed by atoms with Crippen LogP contribution in [0.1, 0.15) is 32.5 Å². The van der Waals surface area contributed by atoms with E-state index in [9.17, 15) is 4.79 Å². The minimum atomic E-state index is -0.432. The molecule has 1 aromatic heterocycles. The molecule has 0 radical (unpaired) electrons. The monoisotopic (exact) mass is 251 g/mol. The Labute approximate surface area is 107 Å². The van der Waals surface area contributed by atoms with Crippen molar-refractivity contribution in [3.05, 3.63) is 12.2 Å². The summed E-state index contributed by atoms with van der Waals surface area (Å²) >= 11 is 0. The lowest BCUT2D eigenvalue weighted by atomic mass is 9.90. The fourth-order valence-electron chi connectivity index (χ4n) is 2.53. The maximum atomic E-state index is 12.1. The van der Waals surface area contributed by atoms with E-state index in [1.807, 2.05) is 14.0 Å². The molecule has 6 heteroatoms. The van der Waals surface area contributed by atoms with Gasteiger partial charge < -0.3 is 5.32 Å². The summed E-state index contributed by atoms with van der Waals surface area (Å²) in [6.07, 6.45) is 3.40. The smallest absolute Gasteiger partial charge is 0.240 e. The van der Waals surface area contributed by atoms with Crippen molar-refractivity contribution in [1.29, 1.82) is 0 Å². The molecule has 2 rings (SSSR count). The third kappa shape index (κ3) is 2.25. The molecule has 0 aliphatic carbocycles. The van der Waals surface area contributed by atoms with Crippen molar-refractivity contribution in [2.24, 2.45) is 7.05 Å². The quantitative estimate of drug-likeness (QED) is 0.836. The van der Waals surface area contributed by atoms with Gasteiger partial charge >= 0.3 is 0 Å². The van der Waals surface area contributed by atoms with E-state index in [0.29, 0.717) is 13.1 Å². The number of rotatable bonds is 4. The molecule has 18 heavy (non-hydrogen) atoms. The van der Waals surface area contributed by atoms with Gasteiger partial charge in [0.15, 0.2) is 0 Å². The van der Waals surface area contributed by atoms with Gasteiger partial charge in [-0.3, -0.25) is 14.4 Å². The first-order valence-corrected chi connectivity index (χ1v) is 6.44. The van der Waals surface area contributed by atoms with Crippen LogP contribution in [0.2, 0.25) is 0 Å². The predicted octanol–water partition coefficient (Wildman–Crippen LogP) is 0.306. The number of hydrogen-bond acceptors (Lipinski definition) is 4. The van der Waals surface area contributed by atoms with Crippen LogP contribution in [0.25, 0.3) is 0 Å². The lowest BCUT2D eigenvalue weighted by molar-refractivity contribution is -0.137. The number of nitrogens with one attached hydrogen (secondary N) is 1. The Balaban J connectivity index is 2.18. The summed E-state index contributed by atoms with van der Waals surface area (Å²) in [7, 11) is 1.88. The maximum Gasteiger partial charge on any atom is 0.240 e. The molecule has 1 aliphatic rings. The maximum absolute atomic E-state index is 12.1. The van der Waals surface area contributed by atoms with E-state index >= 15 is 0 Å². The topological polar surface area (TPSA) is 63.1 Å². The third-order valence-electron chi connectivity index (χ3n) is 3.73. The molecule has 1 N–H and O–H groups in total. The summed E-state index contributed by atoms with van der Waals surface area (Å²) in [4.78, 5) is 18.6. The second kappa shape index (κ2) is 5.06. The number of carbonyl (C=O) groups is 1. The zero-order valence-electron chi connectivity index (χ0n) is 11.3. The molecule has 1 fully saturated rings. The van der Waals surface area contributed by atoms with Gasteiger partial charge in [0.05, 0.1) is 12.1 Å². The van der Waals surface area contributed by atoms with Gasteiger partial charge in [-0.2, -0.15) is 5.10 Å². The van der Waals surface area contributed by atoms with Crippen LogP contribution in [-0.4, -0.2) is 44.2 Å². The molecule has 0 bridgehead atoms. The van der Waals surface area contributed by atoms with Crippen LogP contribution in [0.3, 0.4) is 0 Å². The lowest BCUT2D eigenvalue weighted by Gasteiger charge is -2.43. The number of aromatic nitrogens is 3. The Bertz CT molecular complexity index is 430. The van der Waals surface area contributed by atoms with Crippen molar-refractivity contribution in [3.63, 3.8) is 0 Å². The number of carbonyl (C=O) groups excluding carboxylic acids is 1. The summed E-state index contributed by atoms with van der Waals surface area (Å²) in [5.74, 6) is 1.02. The summed E-state index contributed by atoms with van der Waals surface area (Å²) < 4.78 is 1.76. The Kier molecular flexibility index (Phi) is 3.65. The van der Waals surface area contributed by atoms with Crippen molar-refractivity contribution >= 4 is 5.91 Å². The Morgan fingerprint density at radius 2 is 2.33 bits per heavy atom. The first-order valence-electron chi connectivity index (χ1n) is 6.44. The molecule has 1 aromatic rings. The van der Waals surface area contributed by atoms with E-state index in [4.69, 9.17) is 0 Å².